The molecule has 0 atom stereocenters. The molecule has 0 aromatic rings. The first-order valence-electron chi connectivity index (χ1n) is 1.30. The molecule has 0 aromatic carbocycles. The Morgan fingerprint density at radius 1 is 1.57 bits per heavy atom. The van der Waals surface area contributed by atoms with Crippen LogP contribution >= 0.6 is 31.9 Å². The minimum absolute atomic E-state index is 0.0231. The fourth-order valence-corrected chi connectivity index (χ4v) is 0.123. The van der Waals surface area contributed by atoms with Gasteiger partial charge < -0.3 is 5.21 Å². The topological polar surface area (TPSA) is 56.4 Å². The van der Waals surface area contributed by atoms with Crippen molar-refractivity contribution >= 4 is 41.1 Å². The van der Waals surface area contributed by atoms with Crippen LogP contribution in [0.1, 0.15) is 0 Å². The second kappa shape index (κ2) is 3.15. The normalized spacial score (nSPS) is 11.4. The lowest BCUT2D eigenvalue weighted by Gasteiger charge is -1.81. The lowest BCUT2D eigenvalue weighted by Crippen LogP contribution is -1.93. The van der Waals surface area contributed by atoms with Gasteiger partial charge in [0.2, 0.25) is 0 Å². The number of oxime groups is 1. The first-order chi connectivity index (χ1) is 3.18. The Hall–Kier alpha value is 0.1000. The first kappa shape index (κ1) is 7.10. The van der Waals surface area contributed by atoms with E-state index in [9.17, 15) is 0 Å². The number of rotatable bonds is 1. The van der Waals surface area contributed by atoms with Crippen molar-refractivity contribution in [2.75, 3.05) is 0 Å². The average Bonchev–Trinajstić information content (AvgIpc) is 1.65. The zero-order chi connectivity index (χ0) is 5.86. The summed E-state index contributed by atoms with van der Waals surface area (Å²) in [6.45, 7) is 0. The van der Waals surface area contributed by atoms with Crippen LogP contribution in [-0.2, 0) is 0 Å². The standard InChI is InChI=1S/C2H2Br2N2O/c3-1(5)2(4)6-7/h5,7H/b5-1?,6-2+. The van der Waals surface area contributed by atoms with Crippen LogP contribution in [0.4, 0.5) is 0 Å². The molecule has 0 radical (unpaired) electrons. The lowest BCUT2D eigenvalue weighted by atomic mass is 10.8. The highest BCUT2D eigenvalue weighted by Crippen LogP contribution is 1.95. The Morgan fingerprint density at radius 3 is 2.00 bits per heavy atom. The van der Waals surface area contributed by atoms with Gasteiger partial charge in [-0.15, -0.1) is 0 Å². The molecule has 0 rings (SSSR count). The molecule has 0 bridgehead atoms. The van der Waals surface area contributed by atoms with Crippen molar-refractivity contribution in [1.29, 1.82) is 5.41 Å². The van der Waals surface area contributed by atoms with E-state index < -0.39 is 0 Å². The highest BCUT2D eigenvalue weighted by atomic mass is 79.9. The maximum absolute atomic E-state index is 7.88. The second-order valence-electron chi connectivity index (χ2n) is 0.705. The number of hydrogen-bond acceptors (Lipinski definition) is 3. The molecular weight excluding hydrogens is 228 g/mol. The van der Waals surface area contributed by atoms with Gasteiger partial charge in [0.15, 0.2) is 4.62 Å². The fourth-order valence-electron chi connectivity index (χ4n) is 0.0439. The molecule has 0 aliphatic heterocycles. The average molecular weight is 230 g/mol. The Labute approximate surface area is 57.2 Å². The van der Waals surface area contributed by atoms with Gasteiger partial charge in [-0.1, -0.05) is 5.16 Å². The summed E-state index contributed by atoms with van der Waals surface area (Å²) in [7, 11) is 0. The van der Waals surface area contributed by atoms with E-state index in [1.54, 1.807) is 0 Å². The SMILES string of the molecule is N=C(Br)/C(Br)=N\O. The van der Waals surface area contributed by atoms with Crippen LogP contribution in [0, 0.1) is 5.41 Å². The molecule has 0 amide bonds. The summed E-state index contributed by atoms with van der Waals surface area (Å²) in [6, 6.07) is 0. The third-order valence-corrected chi connectivity index (χ3v) is 1.73. The molecule has 0 unspecified atom stereocenters. The highest BCUT2D eigenvalue weighted by Gasteiger charge is 1.94. The van der Waals surface area contributed by atoms with E-state index in [-0.39, 0.29) is 9.24 Å². The van der Waals surface area contributed by atoms with E-state index in [0.717, 1.165) is 0 Å². The van der Waals surface area contributed by atoms with E-state index >= 15 is 0 Å². The maximum Gasteiger partial charge on any atom is 0.177 e. The Morgan fingerprint density at radius 2 is 2.00 bits per heavy atom. The van der Waals surface area contributed by atoms with Crippen LogP contribution in [0.5, 0.6) is 0 Å². The largest absolute Gasteiger partial charge is 0.410 e. The summed E-state index contributed by atoms with van der Waals surface area (Å²) in [5.74, 6) is 0. The summed E-state index contributed by atoms with van der Waals surface area (Å²) in [5.41, 5.74) is 0. The van der Waals surface area contributed by atoms with Crippen LogP contribution in [0.2, 0.25) is 0 Å². The van der Waals surface area contributed by atoms with Crippen molar-refractivity contribution in [3.05, 3.63) is 0 Å². The van der Waals surface area contributed by atoms with Gasteiger partial charge in [-0.3, -0.25) is 5.41 Å². The van der Waals surface area contributed by atoms with Crippen molar-refractivity contribution in [3.63, 3.8) is 0 Å². The van der Waals surface area contributed by atoms with Crippen molar-refractivity contribution in [2.24, 2.45) is 5.16 Å². The number of halogens is 2. The molecule has 7 heavy (non-hydrogen) atoms. The monoisotopic (exact) mass is 228 g/mol. The molecule has 3 nitrogen and oxygen atoms in total. The molecule has 0 heterocycles. The molecule has 0 aliphatic rings. The van der Waals surface area contributed by atoms with Crippen LogP contribution in [0.25, 0.3) is 0 Å². The van der Waals surface area contributed by atoms with Gasteiger partial charge in [0.1, 0.15) is 4.62 Å². The van der Waals surface area contributed by atoms with E-state index in [1.165, 1.54) is 0 Å². The summed E-state index contributed by atoms with van der Waals surface area (Å²) >= 11 is 5.52. The highest BCUT2D eigenvalue weighted by molar-refractivity contribution is 9.24. The van der Waals surface area contributed by atoms with Crippen LogP contribution < -0.4 is 0 Å². The van der Waals surface area contributed by atoms with Crippen molar-refractivity contribution in [3.8, 4) is 0 Å². The number of nitrogens with zero attached hydrogens (tertiary/aromatic N) is 1. The van der Waals surface area contributed by atoms with E-state index in [4.69, 9.17) is 10.6 Å². The number of hydrogen-bond donors (Lipinski definition) is 2. The molecule has 0 aliphatic carbocycles. The Kier molecular flexibility index (Phi) is 3.19. The smallest absolute Gasteiger partial charge is 0.177 e. The van der Waals surface area contributed by atoms with Gasteiger partial charge in [-0.2, -0.15) is 0 Å². The van der Waals surface area contributed by atoms with Gasteiger partial charge in [-0.25, -0.2) is 0 Å². The van der Waals surface area contributed by atoms with Crippen molar-refractivity contribution in [2.45, 2.75) is 0 Å². The Balaban J connectivity index is 3.82. The van der Waals surface area contributed by atoms with E-state index in [0.29, 0.717) is 0 Å². The summed E-state index contributed by atoms with van der Waals surface area (Å²) in [6.07, 6.45) is 0. The fraction of sp³-hybridized carbons (Fsp3) is 0. The molecule has 0 saturated heterocycles. The summed E-state index contributed by atoms with van der Waals surface area (Å²) < 4.78 is 0.113. The molecule has 0 spiro atoms. The second-order valence-corrected chi connectivity index (χ2v) is 2.25. The van der Waals surface area contributed by atoms with Crippen LogP contribution in [0.15, 0.2) is 5.16 Å². The summed E-state index contributed by atoms with van der Waals surface area (Å²) in [5, 5.41) is 17.2. The molecule has 0 aromatic heterocycles. The lowest BCUT2D eigenvalue weighted by molar-refractivity contribution is 0.322. The quantitative estimate of drug-likeness (QED) is 0.400. The summed E-state index contributed by atoms with van der Waals surface area (Å²) in [4.78, 5) is 0. The van der Waals surface area contributed by atoms with E-state index in [1.807, 2.05) is 0 Å². The first-order valence-corrected chi connectivity index (χ1v) is 2.89. The predicted octanol–water partition coefficient (Wildman–Crippen LogP) is 1.54. The third-order valence-electron chi connectivity index (χ3n) is 0.269. The Bertz CT molecular complexity index is 110. The minimum atomic E-state index is 0.0231. The van der Waals surface area contributed by atoms with Gasteiger partial charge in [0.25, 0.3) is 0 Å². The van der Waals surface area contributed by atoms with E-state index in [2.05, 4.69) is 37.0 Å². The predicted molar refractivity (Wildman–Crippen MR) is 34.8 cm³/mol. The zero-order valence-corrected chi connectivity index (χ0v) is 6.32. The van der Waals surface area contributed by atoms with Crippen LogP contribution in [-0.4, -0.2) is 14.4 Å². The van der Waals surface area contributed by atoms with Gasteiger partial charge in [-0.05, 0) is 31.9 Å². The third kappa shape index (κ3) is 2.76. The minimum Gasteiger partial charge on any atom is -0.410 e. The van der Waals surface area contributed by atoms with Gasteiger partial charge in [0.05, 0.1) is 0 Å². The van der Waals surface area contributed by atoms with Crippen LogP contribution in [0.3, 0.4) is 0 Å². The van der Waals surface area contributed by atoms with Gasteiger partial charge >= 0.3 is 0 Å². The molecule has 0 fully saturated rings. The zero-order valence-electron chi connectivity index (χ0n) is 3.15. The number of nitrogens with one attached hydrogen (secondary N) is 1. The molecule has 2 N–H and O–H groups in total. The molecule has 5 heteroatoms. The molecule has 0 saturated carbocycles. The molecular formula is C2H2Br2N2O. The van der Waals surface area contributed by atoms with Crippen molar-refractivity contribution < 1.29 is 5.21 Å². The maximum atomic E-state index is 7.88. The van der Waals surface area contributed by atoms with Crippen molar-refractivity contribution in [1.82, 2.24) is 0 Å². The molecule has 40 valence electrons. The van der Waals surface area contributed by atoms with Gasteiger partial charge in [0, 0.05) is 0 Å².